The molecular formula is C11H18BrNO2. The monoisotopic (exact) mass is 275 g/mol. The van der Waals surface area contributed by atoms with E-state index in [4.69, 9.17) is 4.74 Å². The van der Waals surface area contributed by atoms with E-state index in [0.717, 1.165) is 24.3 Å². The van der Waals surface area contributed by atoms with Crippen LogP contribution in [-0.4, -0.2) is 35.0 Å². The maximum Gasteiger partial charge on any atom is 0.410 e. The van der Waals surface area contributed by atoms with Crippen LogP contribution in [0.1, 0.15) is 27.2 Å². The highest BCUT2D eigenvalue weighted by Crippen LogP contribution is 2.59. The minimum absolute atomic E-state index is 0.159. The molecule has 1 aliphatic carbocycles. The molecule has 0 aromatic carbocycles. The van der Waals surface area contributed by atoms with Crippen molar-refractivity contribution < 1.29 is 9.53 Å². The summed E-state index contributed by atoms with van der Waals surface area (Å²) in [6.45, 7) is 7.48. The predicted octanol–water partition coefficient (Wildman–Crippen LogP) is 2.64. The van der Waals surface area contributed by atoms with Crippen LogP contribution in [0.5, 0.6) is 0 Å². The van der Waals surface area contributed by atoms with Crippen molar-refractivity contribution in [1.29, 1.82) is 0 Å². The highest BCUT2D eigenvalue weighted by molar-refractivity contribution is 9.09. The molecule has 1 spiro atoms. The third-order valence-corrected chi connectivity index (χ3v) is 3.99. The molecule has 15 heavy (non-hydrogen) atoms. The van der Waals surface area contributed by atoms with Crippen LogP contribution >= 0.6 is 15.9 Å². The Morgan fingerprint density at radius 2 is 2.13 bits per heavy atom. The lowest BCUT2D eigenvalue weighted by Gasteiger charge is -2.41. The fraction of sp³-hybridized carbons (Fsp3) is 0.909. The third-order valence-electron chi connectivity index (χ3n) is 3.21. The maximum atomic E-state index is 11.6. The molecule has 1 saturated carbocycles. The molecule has 1 amide bonds. The van der Waals surface area contributed by atoms with E-state index in [2.05, 4.69) is 15.9 Å². The number of carbonyl (C=O) groups is 1. The fourth-order valence-electron chi connectivity index (χ4n) is 2.21. The average molecular weight is 276 g/mol. The van der Waals surface area contributed by atoms with Gasteiger partial charge in [0.1, 0.15) is 5.60 Å². The van der Waals surface area contributed by atoms with Gasteiger partial charge in [0.05, 0.1) is 0 Å². The second-order valence-corrected chi connectivity index (χ2v) is 6.40. The Morgan fingerprint density at radius 1 is 1.53 bits per heavy atom. The molecule has 0 aromatic rings. The van der Waals surface area contributed by atoms with Crippen LogP contribution < -0.4 is 0 Å². The summed E-state index contributed by atoms with van der Waals surface area (Å²) in [7, 11) is 0. The van der Waals surface area contributed by atoms with Crippen LogP contribution in [0, 0.1) is 11.3 Å². The Kier molecular flexibility index (Phi) is 2.53. The van der Waals surface area contributed by atoms with Gasteiger partial charge in [-0.05, 0) is 33.1 Å². The first kappa shape index (κ1) is 11.2. The first-order valence-corrected chi connectivity index (χ1v) is 6.52. The zero-order valence-electron chi connectivity index (χ0n) is 9.55. The summed E-state index contributed by atoms with van der Waals surface area (Å²) in [5, 5.41) is 1.06. The van der Waals surface area contributed by atoms with Gasteiger partial charge in [0.15, 0.2) is 0 Å². The maximum absolute atomic E-state index is 11.6. The first-order valence-electron chi connectivity index (χ1n) is 5.40. The Bertz CT molecular complexity index is 279. The van der Waals surface area contributed by atoms with E-state index < -0.39 is 0 Å². The number of hydrogen-bond acceptors (Lipinski definition) is 2. The Balaban J connectivity index is 1.78. The van der Waals surface area contributed by atoms with Crippen molar-refractivity contribution in [3.63, 3.8) is 0 Å². The molecule has 0 N–H and O–H groups in total. The van der Waals surface area contributed by atoms with Gasteiger partial charge in [0.25, 0.3) is 0 Å². The van der Waals surface area contributed by atoms with Gasteiger partial charge in [0, 0.05) is 23.8 Å². The number of amides is 1. The van der Waals surface area contributed by atoms with Crippen molar-refractivity contribution in [2.75, 3.05) is 18.4 Å². The Labute approximate surface area is 99.3 Å². The van der Waals surface area contributed by atoms with E-state index >= 15 is 0 Å². The summed E-state index contributed by atoms with van der Waals surface area (Å²) in [6, 6.07) is 0. The summed E-state index contributed by atoms with van der Waals surface area (Å²) in [4.78, 5) is 13.5. The molecular weight excluding hydrogens is 258 g/mol. The molecule has 1 heterocycles. The van der Waals surface area contributed by atoms with Crippen LogP contribution in [0.25, 0.3) is 0 Å². The molecule has 3 nitrogen and oxygen atoms in total. The lowest BCUT2D eigenvalue weighted by Crippen LogP contribution is -2.53. The SMILES string of the molecule is CC(C)(C)OC(=O)N1CC2(C[C@@H]2CBr)C1. The number of rotatable bonds is 1. The molecule has 2 rings (SSSR count). The van der Waals surface area contributed by atoms with Crippen LogP contribution in [0.3, 0.4) is 0 Å². The van der Waals surface area contributed by atoms with E-state index in [9.17, 15) is 4.79 Å². The summed E-state index contributed by atoms with van der Waals surface area (Å²) < 4.78 is 5.31. The van der Waals surface area contributed by atoms with E-state index in [1.807, 2.05) is 25.7 Å². The number of hydrogen-bond donors (Lipinski definition) is 0. The number of alkyl halides is 1. The Morgan fingerprint density at radius 3 is 2.53 bits per heavy atom. The molecule has 2 fully saturated rings. The molecule has 1 atom stereocenters. The summed E-state index contributed by atoms with van der Waals surface area (Å²) >= 11 is 3.50. The van der Waals surface area contributed by atoms with Gasteiger partial charge in [0.2, 0.25) is 0 Å². The minimum Gasteiger partial charge on any atom is -0.444 e. The third kappa shape index (κ3) is 2.14. The number of carbonyl (C=O) groups excluding carboxylic acids is 1. The number of halogens is 1. The second kappa shape index (κ2) is 3.37. The predicted molar refractivity (Wildman–Crippen MR) is 62.1 cm³/mol. The lowest BCUT2D eigenvalue weighted by molar-refractivity contribution is -0.00854. The van der Waals surface area contributed by atoms with E-state index in [1.54, 1.807) is 0 Å². The van der Waals surface area contributed by atoms with Crippen LogP contribution in [0.15, 0.2) is 0 Å². The number of likely N-dealkylation sites (tertiary alicyclic amines) is 1. The average Bonchev–Trinajstić information content (AvgIpc) is 2.71. The quantitative estimate of drug-likeness (QED) is 0.689. The van der Waals surface area contributed by atoms with Gasteiger partial charge in [-0.1, -0.05) is 15.9 Å². The molecule has 0 unspecified atom stereocenters. The van der Waals surface area contributed by atoms with Crippen LogP contribution in [0.2, 0.25) is 0 Å². The first-order chi connectivity index (χ1) is 6.86. The standard InChI is InChI=1S/C11H18BrNO2/c1-10(2,3)15-9(14)13-6-11(7-13)4-8(11)5-12/h8H,4-7H2,1-3H3/t8-/m1/s1. The van der Waals surface area contributed by atoms with Gasteiger partial charge in [-0.15, -0.1) is 0 Å². The van der Waals surface area contributed by atoms with E-state index in [0.29, 0.717) is 5.41 Å². The highest BCUT2D eigenvalue weighted by Gasteiger charge is 2.62. The topological polar surface area (TPSA) is 29.5 Å². The molecule has 86 valence electrons. The minimum atomic E-state index is -0.377. The van der Waals surface area contributed by atoms with Crippen molar-refractivity contribution in [3.05, 3.63) is 0 Å². The molecule has 1 saturated heterocycles. The zero-order valence-corrected chi connectivity index (χ0v) is 11.1. The van der Waals surface area contributed by atoms with Gasteiger partial charge in [-0.25, -0.2) is 4.79 Å². The zero-order chi connectivity index (χ0) is 11.3. The number of nitrogens with zero attached hydrogens (tertiary/aromatic N) is 1. The molecule has 0 radical (unpaired) electrons. The normalized spacial score (nSPS) is 27.5. The van der Waals surface area contributed by atoms with Gasteiger partial charge < -0.3 is 9.64 Å². The van der Waals surface area contributed by atoms with Crippen molar-refractivity contribution in [2.45, 2.75) is 32.8 Å². The Hall–Kier alpha value is -0.250. The molecule has 2 aliphatic rings. The molecule has 0 bridgehead atoms. The summed E-state index contributed by atoms with van der Waals surface area (Å²) in [6.07, 6.45) is 1.10. The lowest BCUT2D eigenvalue weighted by atomic mass is 9.95. The van der Waals surface area contributed by atoms with E-state index in [1.165, 1.54) is 6.42 Å². The summed E-state index contributed by atoms with van der Waals surface area (Å²) in [5.74, 6) is 0.774. The smallest absolute Gasteiger partial charge is 0.410 e. The highest BCUT2D eigenvalue weighted by atomic mass is 79.9. The van der Waals surface area contributed by atoms with Gasteiger partial charge in [-0.2, -0.15) is 0 Å². The fourth-order valence-corrected chi connectivity index (χ4v) is 3.12. The van der Waals surface area contributed by atoms with Crippen LogP contribution in [0.4, 0.5) is 4.79 Å². The number of ether oxygens (including phenoxy) is 1. The molecule has 1 aliphatic heterocycles. The van der Waals surface area contributed by atoms with Crippen molar-refractivity contribution >= 4 is 22.0 Å². The van der Waals surface area contributed by atoms with Gasteiger partial charge in [-0.3, -0.25) is 0 Å². The summed E-state index contributed by atoms with van der Waals surface area (Å²) in [5.41, 5.74) is 0.0681. The van der Waals surface area contributed by atoms with E-state index in [-0.39, 0.29) is 11.7 Å². The second-order valence-electron chi connectivity index (χ2n) is 5.75. The van der Waals surface area contributed by atoms with Crippen LogP contribution in [-0.2, 0) is 4.74 Å². The molecule has 0 aromatic heterocycles. The van der Waals surface area contributed by atoms with Gasteiger partial charge >= 0.3 is 6.09 Å². The van der Waals surface area contributed by atoms with Crippen molar-refractivity contribution in [3.8, 4) is 0 Å². The largest absolute Gasteiger partial charge is 0.444 e. The van der Waals surface area contributed by atoms with Crippen molar-refractivity contribution in [2.24, 2.45) is 11.3 Å². The molecule has 4 heteroatoms. The van der Waals surface area contributed by atoms with Crippen molar-refractivity contribution in [1.82, 2.24) is 4.90 Å².